The Hall–Kier alpha value is -3.79. The molecule has 10 heteroatoms. The van der Waals surface area contributed by atoms with Crippen LogP contribution < -0.4 is 9.64 Å². The molecule has 3 aromatic carbocycles. The van der Waals surface area contributed by atoms with Crippen molar-refractivity contribution in [2.45, 2.75) is 24.4 Å². The molecule has 0 radical (unpaired) electrons. The average molecular weight is 477 g/mol. The van der Waals surface area contributed by atoms with Gasteiger partial charge in [0, 0.05) is 5.69 Å². The van der Waals surface area contributed by atoms with Crippen LogP contribution in [0.2, 0.25) is 0 Å². The second-order valence-electron chi connectivity index (χ2n) is 7.64. The number of phenolic OH excluding ortho intramolecular Hbond substituents is 1. The molecule has 0 aromatic heterocycles. The maximum absolute atomic E-state index is 13.4. The van der Waals surface area contributed by atoms with Gasteiger partial charge in [-0.25, -0.2) is 9.18 Å². The first kappa shape index (κ1) is 23.4. The molecule has 1 aliphatic heterocycles. The van der Waals surface area contributed by atoms with Crippen LogP contribution in [0.15, 0.2) is 72.8 Å². The molecule has 1 amide bonds. The van der Waals surface area contributed by atoms with Crippen LogP contribution in [0.4, 0.5) is 28.0 Å². The van der Waals surface area contributed by atoms with Gasteiger partial charge in [-0.1, -0.05) is 18.2 Å². The van der Waals surface area contributed by atoms with Crippen LogP contribution in [0.3, 0.4) is 0 Å². The zero-order valence-electron chi connectivity index (χ0n) is 17.4. The second kappa shape index (κ2) is 9.22. The third-order valence-electron chi connectivity index (χ3n) is 5.32. The molecule has 6 nitrogen and oxygen atoms in total. The summed E-state index contributed by atoms with van der Waals surface area (Å²) in [6.07, 6.45) is -7.97. The van der Waals surface area contributed by atoms with E-state index < -0.39 is 48.5 Å². The first-order chi connectivity index (χ1) is 16.1. The molecule has 178 valence electrons. The fourth-order valence-corrected chi connectivity index (χ4v) is 3.70. The van der Waals surface area contributed by atoms with E-state index in [0.29, 0.717) is 11.3 Å². The summed E-state index contributed by atoms with van der Waals surface area (Å²) in [6.45, 7) is -0.467. The summed E-state index contributed by atoms with van der Waals surface area (Å²) < 4.78 is 63.0. The van der Waals surface area contributed by atoms with Crippen molar-refractivity contribution in [1.29, 1.82) is 0 Å². The van der Waals surface area contributed by atoms with Crippen molar-refractivity contribution in [2.24, 2.45) is 0 Å². The Morgan fingerprint density at radius 1 is 1.03 bits per heavy atom. The van der Waals surface area contributed by atoms with E-state index in [1.165, 1.54) is 53.4 Å². The highest BCUT2D eigenvalue weighted by Gasteiger charge is 2.47. The lowest BCUT2D eigenvalue weighted by atomic mass is 9.96. The Morgan fingerprint density at radius 3 is 2.35 bits per heavy atom. The molecule has 3 unspecified atom stereocenters. The fraction of sp³-hybridized carbons (Fsp3) is 0.208. The molecule has 1 aliphatic rings. The SMILES string of the molecule is O=C1OC(C(O)COc2cccc(C(F)(F)F)c2)C(c2ccc(O)cc2)N1c1ccc(F)cc1. The van der Waals surface area contributed by atoms with Crippen molar-refractivity contribution in [3.63, 3.8) is 0 Å². The molecule has 2 N–H and O–H groups in total. The van der Waals surface area contributed by atoms with Crippen LogP contribution in [-0.2, 0) is 10.9 Å². The minimum atomic E-state index is -4.56. The van der Waals surface area contributed by atoms with Gasteiger partial charge in [-0.05, 0) is 60.2 Å². The van der Waals surface area contributed by atoms with Crippen LogP contribution in [0.5, 0.6) is 11.5 Å². The predicted molar refractivity (Wildman–Crippen MR) is 113 cm³/mol. The van der Waals surface area contributed by atoms with E-state index >= 15 is 0 Å². The van der Waals surface area contributed by atoms with E-state index in [2.05, 4.69) is 0 Å². The third-order valence-corrected chi connectivity index (χ3v) is 5.32. The van der Waals surface area contributed by atoms with E-state index in [1.807, 2.05) is 0 Å². The quantitative estimate of drug-likeness (QED) is 0.486. The number of phenols is 1. The van der Waals surface area contributed by atoms with Crippen LogP contribution >= 0.6 is 0 Å². The molecule has 3 aromatic rings. The van der Waals surface area contributed by atoms with E-state index in [1.54, 1.807) is 0 Å². The predicted octanol–water partition coefficient (Wildman–Crippen LogP) is 5.06. The molecule has 0 spiro atoms. The van der Waals surface area contributed by atoms with Gasteiger partial charge in [-0.2, -0.15) is 13.2 Å². The highest BCUT2D eigenvalue weighted by Crippen LogP contribution is 2.39. The number of ether oxygens (including phenoxy) is 2. The van der Waals surface area contributed by atoms with Gasteiger partial charge < -0.3 is 19.7 Å². The Morgan fingerprint density at radius 2 is 1.71 bits per heavy atom. The first-order valence-electron chi connectivity index (χ1n) is 10.2. The lowest BCUT2D eigenvalue weighted by Gasteiger charge is -2.27. The number of hydrogen-bond acceptors (Lipinski definition) is 5. The van der Waals surface area contributed by atoms with Crippen LogP contribution in [0, 0.1) is 5.82 Å². The van der Waals surface area contributed by atoms with E-state index in [0.717, 1.165) is 24.3 Å². The van der Waals surface area contributed by atoms with Crippen molar-refractivity contribution in [3.8, 4) is 11.5 Å². The molecular weight excluding hydrogens is 458 g/mol. The van der Waals surface area contributed by atoms with Gasteiger partial charge in [0.15, 0.2) is 6.10 Å². The number of cyclic esters (lactones) is 1. The van der Waals surface area contributed by atoms with Crippen LogP contribution in [0.1, 0.15) is 17.2 Å². The monoisotopic (exact) mass is 477 g/mol. The van der Waals surface area contributed by atoms with Gasteiger partial charge >= 0.3 is 12.3 Å². The normalized spacial score (nSPS) is 19.1. The molecule has 0 bridgehead atoms. The molecule has 0 saturated carbocycles. The molecule has 3 atom stereocenters. The van der Waals surface area contributed by atoms with E-state index in [9.17, 15) is 32.6 Å². The van der Waals surface area contributed by atoms with Gasteiger partial charge in [0.2, 0.25) is 0 Å². The summed E-state index contributed by atoms with van der Waals surface area (Å²) in [7, 11) is 0. The van der Waals surface area contributed by atoms with Gasteiger partial charge in [0.1, 0.15) is 36.1 Å². The van der Waals surface area contributed by atoms with E-state index in [-0.39, 0.29) is 11.5 Å². The number of aliphatic hydroxyl groups is 1. The number of nitrogens with zero attached hydrogens (tertiary/aromatic N) is 1. The van der Waals surface area contributed by atoms with Gasteiger partial charge in [-0.3, -0.25) is 4.90 Å². The second-order valence-corrected chi connectivity index (χ2v) is 7.64. The number of anilines is 1. The Balaban J connectivity index is 1.59. The zero-order chi connectivity index (χ0) is 24.5. The first-order valence-corrected chi connectivity index (χ1v) is 10.2. The largest absolute Gasteiger partial charge is 0.508 e. The van der Waals surface area contributed by atoms with E-state index in [4.69, 9.17) is 9.47 Å². The smallest absolute Gasteiger partial charge is 0.416 e. The summed E-state index contributed by atoms with van der Waals surface area (Å²) in [4.78, 5) is 14.0. The molecule has 1 saturated heterocycles. The lowest BCUT2D eigenvalue weighted by molar-refractivity contribution is -0.137. The number of benzene rings is 3. The van der Waals surface area contributed by atoms with Crippen molar-refractivity contribution in [3.05, 3.63) is 89.7 Å². The number of hydrogen-bond donors (Lipinski definition) is 2. The van der Waals surface area contributed by atoms with Crippen molar-refractivity contribution < 1.29 is 42.0 Å². The van der Waals surface area contributed by atoms with Gasteiger partial charge in [0.05, 0.1) is 5.56 Å². The van der Waals surface area contributed by atoms with Gasteiger partial charge in [-0.15, -0.1) is 0 Å². The summed E-state index contributed by atoms with van der Waals surface area (Å²) >= 11 is 0. The topological polar surface area (TPSA) is 79.2 Å². The summed E-state index contributed by atoms with van der Waals surface area (Å²) in [5.74, 6) is -0.648. The number of aromatic hydroxyl groups is 1. The number of aliphatic hydroxyl groups excluding tert-OH is 1. The lowest BCUT2D eigenvalue weighted by Crippen LogP contribution is -2.38. The summed E-state index contributed by atoms with van der Waals surface area (Å²) in [5, 5.41) is 20.4. The van der Waals surface area contributed by atoms with Gasteiger partial charge in [0.25, 0.3) is 0 Å². The fourth-order valence-electron chi connectivity index (χ4n) is 3.70. The summed E-state index contributed by atoms with van der Waals surface area (Å²) in [5.41, 5.74) is -0.106. The highest BCUT2D eigenvalue weighted by atomic mass is 19.4. The Labute approximate surface area is 191 Å². The van der Waals surface area contributed by atoms with Crippen LogP contribution in [0.25, 0.3) is 0 Å². The molecule has 1 fully saturated rings. The number of amides is 1. The number of rotatable bonds is 6. The minimum Gasteiger partial charge on any atom is -0.508 e. The molecule has 4 rings (SSSR count). The molecule has 1 heterocycles. The van der Waals surface area contributed by atoms with Crippen molar-refractivity contribution in [1.82, 2.24) is 0 Å². The number of carbonyl (C=O) groups is 1. The minimum absolute atomic E-state index is 0.0210. The van der Waals surface area contributed by atoms with Crippen molar-refractivity contribution >= 4 is 11.8 Å². The number of halogens is 4. The third kappa shape index (κ3) is 4.91. The Bertz CT molecular complexity index is 1150. The Kier molecular flexibility index (Phi) is 6.34. The standard InChI is InChI=1S/C24H19F4NO5/c25-16-6-8-17(9-7-16)29-21(14-4-10-18(30)11-5-14)22(34-23(29)32)20(31)13-33-19-3-1-2-15(12-19)24(26,27)28/h1-12,20-22,30-31H,13H2. The molecule has 34 heavy (non-hydrogen) atoms. The highest BCUT2D eigenvalue weighted by molar-refractivity contribution is 5.91. The maximum atomic E-state index is 13.4. The molecule has 0 aliphatic carbocycles. The maximum Gasteiger partial charge on any atom is 0.416 e. The number of carbonyl (C=O) groups excluding carboxylic acids is 1. The average Bonchev–Trinajstić information content (AvgIpc) is 3.15. The van der Waals surface area contributed by atoms with Crippen molar-refractivity contribution in [2.75, 3.05) is 11.5 Å². The number of alkyl halides is 3. The summed E-state index contributed by atoms with van der Waals surface area (Å²) in [6, 6.07) is 14.2. The van der Waals surface area contributed by atoms with Crippen LogP contribution in [-0.4, -0.2) is 35.1 Å². The zero-order valence-corrected chi connectivity index (χ0v) is 17.4. The molecular formula is C24H19F4NO5.